The molecule has 1 amide bonds. The minimum absolute atomic E-state index is 0.241. The molecule has 5 heteroatoms. The van der Waals surface area contributed by atoms with E-state index in [0.29, 0.717) is 5.69 Å². The summed E-state index contributed by atoms with van der Waals surface area (Å²) in [5.41, 5.74) is 1.18. The minimum atomic E-state index is -0.507. The lowest BCUT2D eigenvalue weighted by Gasteiger charge is -2.20. The fraction of sp³-hybridized carbons (Fsp3) is 0.389. The van der Waals surface area contributed by atoms with E-state index in [1.54, 1.807) is 6.26 Å². The first-order chi connectivity index (χ1) is 10.8. The Morgan fingerprint density at radius 1 is 1.17 bits per heavy atom. The molecular weight excluding hydrogens is 292 g/mol. The van der Waals surface area contributed by atoms with Crippen molar-refractivity contribution in [1.29, 1.82) is 0 Å². The van der Waals surface area contributed by atoms with Gasteiger partial charge in [0, 0.05) is 23.8 Å². The summed E-state index contributed by atoms with van der Waals surface area (Å²) in [6, 6.07) is 11.6. The van der Waals surface area contributed by atoms with E-state index in [1.807, 2.05) is 57.2 Å². The van der Waals surface area contributed by atoms with Gasteiger partial charge in [-0.3, -0.25) is 5.32 Å². The maximum atomic E-state index is 11.7. The third-order valence-corrected chi connectivity index (χ3v) is 3.03. The van der Waals surface area contributed by atoms with Crippen LogP contribution in [0.15, 0.2) is 47.1 Å². The van der Waals surface area contributed by atoms with Crippen molar-refractivity contribution in [2.75, 3.05) is 10.6 Å². The number of amides is 1. The Morgan fingerprint density at radius 2 is 1.83 bits per heavy atom. The van der Waals surface area contributed by atoms with Crippen molar-refractivity contribution in [1.82, 2.24) is 0 Å². The second-order valence-corrected chi connectivity index (χ2v) is 6.53. The number of rotatable bonds is 5. The standard InChI is InChI=1S/C18H24N2O3/c1-13(12-16-6-5-11-22-16)19-14-7-9-15(10-8-14)20-17(21)23-18(2,3)4/h5-11,13,19H,12H2,1-4H3,(H,20,21). The maximum Gasteiger partial charge on any atom is 0.412 e. The number of anilines is 2. The quantitative estimate of drug-likeness (QED) is 0.841. The molecule has 1 atom stereocenters. The number of carbonyl (C=O) groups is 1. The van der Waals surface area contributed by atoms with Crippen LogP contribution in [0.4, 0.5) is 16.2 Å². The summed E-state index contributed by atoms with van der Waals surface area (Å²) in [6.07, 6.45) is 2.04. The zero-order valence-corrected chi connectivity index (χ0v) is 14.1. The molecule has 2 aromatic rings. The summed E-state index contributed by atoms with van der Waals surface area (Å²) < 4.78 is 10.6. The average Bonchev–Trinajstić information content (AvgIpc) is 2.91. The summed E-state index contributed by atoms with van der Waals surface area (Å²) in [5.74, 6) is 0.952. The number of hydrogen-bond acceptors (Lipinski definition) is 4. The zero-order valence-electron chi connectivity index (χ0n) is 14.1. The number of benzene rings is 1. The Labute approximate surface area is 137 Å². The van der Waals surface area contributed by atoms with E-state index in [4.69, 9.17) is 9.15 Å². The van der Waals surface area contributed by atoms with Crippen LogP contribution in [0.2, 0.25) is 0 Å². The van der Waals surface area contributed by atoms with Gasteiger partial charge in [-0.05, 0) is 64.1 Å². The second-order valence-electron chi connectivity index (χ2n) is 6.53. The van der Waals surface area contributed by atoms with E-state index in [0.717, 1.165) is 17.9 Å². The predicted molar refractivity (Wildman–Crippen MR) is 91.8 cm³/mol. The van der Waals surface area contributed by atoms with Crippen LogP contribution in [0.3, 0.4) is 0 Å². The van der Waals surface area contributed by atoms with Gasteiger partial charge in [-0.1, -0.05) is 0 Å². The first-order valence-corrected chi connectivity index (χ1v) is 7.71. The number of furan rings is 1. The van der Waals surface area contributed by atoms with Crippen LogP contribution in [0.1, 0.15) is 33.5 Å². The molecule has 0 saturated carbocycles. The molecule has 0 saturated heterocycles. The summed E-state index contributed by atoms with van der Waals surface area (Å²) in [5, 5.41) is 6.11. The first-order valence-electron chi connectivity index (χ1n) is 7.71. The third-order valence-electron chi connectivity index (χ3n) is 3.03. The van der Waals surface area contributed by atoms with Crippen molar-refractivity contribution in [3.8, 4) is 0 Å². The second kappa shape index (κ2) is 7.22. The molecule has 1 unspecified atom stereocenters. The lowest BCUT2D eigenvalue weighted by molar-refractivity contribution is 0.0636. The van der Waals surface area contributed by atoms with Crippen molar-refractivity contribution in [3.05, 3.63) is 48.4 Å². The highest BCUT2D eigenvalue weighted by molar-refractivity contribution is 5.85. The Hall–Kier alpha value is -2.43. The molecule has 1 heterocycles. The monoisotopic (exact) mass is 316 g/mol. The van der Waals surface area contributed by atoms with Crippen LogP contribution in [0, 0.1) is 0 Å². The van der Waals surface area contributed by atoms with E-state index in [9.17, 15) is 4.79 Å². The first kappa shape index (κ1) is 16.9. The molecule has 124 valence electrons. The van der Waals surface area contributed by atoms with E-state index in [2.05, 4.69) is 17.6 Å². The van der Waals surface area contributed by atoms with Crippen LogP contribution in [0.5, 0.6) is 0 Å². The van der Waals surface area contributed by atoms with Gasteiger partial charge >= 0.3 is 6.09 Å². The summed E-state index contributed by atoms with van der Waals surface area (Å²) in [6.45, 7) is 7.59. The SMILES string of the molecule is CC(Cc1ccco1)Nc1ccc(NC(=O)OC(C)(C)C)cc1. The van der Waals surface area contributed by atoms with Gasteiger partial charge in [0.1, 0.15) is 11.4 Å². The molecular formula is C18H24N2O3. The van der Waals surface area contributed by atoms with E-state index in [1.165, 1.54) is 0 Å². The largest absolute Gasteiger partial charge is 0.469 e. The highest BCUT2D eigenvalue weighted by Crippen LogP contribution is 2.17. The normalized spacial score (nSPS) is 12.5. The van der Waals surface area contributed by atoms with Crippen LogP contribution in [0.25, 0.3) is 0 Å². The minimum Gasteiger partial charge on any atom is -0.469 e. The summed E-state index contributed by atoms with van der Waals surface area (Å²) in [4.78, 5) is 11.7. The molecule has 0 spiro atoms. The molecule has 1 aromatic heterocycles. The van der Waals surface area contributed by atoms with Gasteiger partial charge in [0.15, 0.2) is 0 Å². The predicted octanol–water partition coefficient (Wildman–Crippen LogP) is 4.67. The Morgan fingerprint density at radius 3 is 2.39 bits per heavy atom. The van der Waals surface area contributed by atoms with Crippen molar-refractivity contribution in [3.63, 3.8) is 0 Å². The molecule has 1 aromatic carbocycles. The van der Waals surface area contributed by atoms with Gasteiger partial charge in [-0.2, -0.15) is 0 Å². The molecule has 0 aliphatic rings. The Kier molecular flexibility index (Phi) is 5.32. The van der Waals surface area contributed by atoms with Crippen LogP contribution >= 0.6 is 0 Å². The number of hydrogen-bond donors (Lipinski definition) is 2. The van der Waals surface area contributed by atoms with E-state index >= 15 is 0 Å². The van der Waals surface area contributed by atoms with Crippen molar-refractivity contribution in [2.24, 2.45) is 0 Å². The Bertz CT molecular complexity index is 613. The molecule has 5 nitrogen and oxygen atoms in total. The molecule has 23 heavy (non-hydrogen) atoms. The lowest BCUT2D eigenvalue weighted by Crippen LogP contribution is -2.27. The highest BCUT2D eigenvalue weighted by atomic mass is 16.6. The zero-order chi connectivity index (χ0) is 16.9. The van der Waals surface area contributed by atoms with Crippen LogP contribution in [-0.4, -0.2) is 17.7 Å². The highest BCUT2D eigenvalue weighted by Gasteiger charge is 2.16. The van der Waals surface area contributed by atoms with E-state index < -0.39 is 11.7 Å². The van der Waals surface area contributed by atoms with Crippen molar-refractivity contribution >= 4 is 17.5 Å². The third kappa shape index (κ3) is 6.06. The molecule has 0 bridgehead atoms. The van der Waals surface area contributed by atoms with Gasteiger partial charge in [0.2, 0.25) is 0 Å². The van der Waals surface area contributed by atoms with Gasteiger partial charge in [0.05, 0.1) is 6.26 Å². The summed E-state index contributed by atoms with van der Waals surface area (Å²) in [7, 11) is 0. The van der Waals surface area contributed by atoms with Gasteiger partial charge in [-0.15, -0.1) is 0 Å². The van der Waals surface area contributed by atoms with E-state index in [-0.39, 0.29) is 6.04 Å². The maximum absolute atomic E-state index is 11.7. The Balaban J connectivity index is 1.85. The van der Waals surface area contributed by atoms with Gasteiger partial charge in [0.25, 0.3) is 0 Å². The average molecular weight is 316 g/mol. The number of nitrogens with one attached hydrogen (secondary N) is 2. The van der Waals surface area contributed by atoms with Crippen LogP contribution in [-0.2, 0) is 11.2 Å². The fourth-order valence-corrected chi connectivity index (χ4v) is 2.14. The smallest absolute Gasteiger partial charge is 0.412 e. The topological polar surface area (TPSA) is 63.5 Å². The molecule has 0 aliphatic heterocycles. The van der Waals surface area contributed by atoms with Crippen molar-refractivity contribution < 1.29 is 13.9 Å². The number of ether oxygens (including phenoxy) is 1. The summed E-state index contributed by atoms with van der Waals surface area (Å²) >= 11 is 0. The molecule has 0 aliphatic carbocycles. The number of carbonyl (C=O) groups excluding carboxylic acids is 1. The van der Waals surface area contributed by atoms with Crippen LogP contribution < -0.4 is 10.6 Å². The fourth-order valence-electron chi connectivity index (χ4n) is 2.14. The molecule has 2 rings (SSSR count). The van der Waals surface area contributed by atoms with Gasteiger partial charge in [-0.25, -0.2) is 4.79 Å². The lowest BCUT2D eigenvalue weighted by atomic mass is 10.2. The van der Waals surface area contributed by atoms with Crippen molar-refractivity contribution in [2.45, 2.75) is 45.8 Å². The molecule has 0 fully saturated rings. The van der Waals surface area contributed by atoms with Gasteiger partial charge < -0.3 is 14.5 Å². The molecule has 2 N–H and O–H groups in total. The molecule has 0 radical (unpaired) electrons.